The molecule has 0 saturated carbocycles. The number of halogens is 5. The van der Waals surface area contributed by atoms with E-state index in [0.29, 0.717) is 35.2 Å². The van der Waals surface area contributed by atoms with Crippen LogP contribution in [0.2, 0.25) is 5.02 Å². The van der Waals surface area contributed by atoms with Crippen LogP contribution in [0.15, 0.2) is 42.7 Å². The smallest absolute Gasteiger partial charge is 0.330 e. The normalized spacial score (nSPS) is 20.2. The van der Waals surface area contributed by atoms with Gasteiger partial charge in [0.1, 0.15) is 5.82 Å². The molecule has 7 nitrogen and oxygen atoms in total. The first kappa shape index (κ1) is 26.9. The van der Waals surface area contributed by atoms with Gasteiger partial charge in [-0.3, -0.25) is 14.6 Å². The van der Waals surface area contributed by atoms with Crippen LogP contribution in [0.4, 0.5) is 23.2 Å². The molecule has 5 rings (SSSR count). The lowest BCUT2D eigenvalue weighted by Crippen LogP contribution is -2.38. The highest BCUT2D eigenvalue weighted by atomic mass is 35.5. The summed E-state index contributed by atoms with van der Waals surface area (Å²) < 4.78 is 57.3. The van der Waals surface area contributed by atoms with E-state index >= 15 is 0 Å². The molecule has 2 atom stereocenters. The van der Waals surface area contributed by atoms with Crippen molar-refractivity contribution in [3.63, 3.8) is 0 Å². The minimum atomic E-state index is -2.96. The fourth-order valence-corrected chi connectivity index (χ4v) is 5.28. The molecule has 2 unspecified atom stereocenters. The number of fused-ring (bicyclic) bond motifs is 4. The van der Waals surface area contributed by atoms with Crippen LogP contribution in [0, 0.1) is 17.6 Å². The van der Waals surface area contributed by atoms with Gasteiger partial charge in [0, 0.05) is 30.3 Å². The molecule has 4 heterocycles. The van der Waals surface area contributed by atoms with Crippen LogP contribution in [0.1, 0.15) is 56.5 Å². The Kier molecular flexibility index (Phi) is 7.44. The molecular weight excluding hydrogens is 538 g/mol. The van der Waals surface area contributed by atoms with Gasteiger partial charge in [-0.2, -0.15) is 13.9 Å². The van der Waals surface area contributed by atoms with Crippen molar-refractivity contribution in [1.29, 1.82) is 0 Å². The molecule has 12 heteroatoms. The number of carbonyl (C=O) groups is 2. The van der Waals surface area contributed by atoms with Crippen LogP contribution in [-0.4, -0.2) is 38.0 Å². The summed E-state index contributed by atoms with van der Waals surface area (Å²) in [7, 11) is 0. The minimum absolute atomic E-state index is 0.0209. The van der Waals surface area contributed by atoms with Crippen LogP contribution >= 0.6 is 11.6 Å². The van der Waals surface area contributed by atoms with E-state index in [0.717, 1.165) is 12.1 Å². The summed E-state index contributed by atoms with van der Waals surface area (Å²) in [5.41, 5.74) is 0.836. The third-order valence-electron chi connectivity index (χ3n) is 7.14. The number of benzene rings is 1. The lowest BCUT2D eigenvalue weighted by atomic mass is 9.93. The zero-order valence-corrected chi connectivity index (χ0v) is 21.6. The van der Waals surface area contributed by atoms with Crippen molar-refractivity contribution >= 4 is 34.7 Å². The average Bonchev–Trinajstić information content (AvgIpc) is 3.33. The molecule has 3 aromatic rings. The lowest BCUT2D eigenvalue weighted by molar-refractivity contribution is -0.129. The van der Waals surface area contributed by atoms with Gasteiger partial charge in [-0.05, 0) is 49.1 Å². The topological polar surface area (TPSA) is 80.1 Å². The first-order valence-corrected chi connectivity index (χ1v) is 12.8. The highest BCUT2D eigenvalue weighted by Gasteiger charge is 2.32. The molecule has 2 aliphatic heterocycles. The number of anilines is 1. The Morgan fingerprint density at radius 2 is 1.95 bits per heavy atom. The molecule has 0 radical (unpaired) electrons. The molecule has 2 aliphatic rings. The molecular formula is C27H24ClF4N5O2. The summed E-state index contributed by atoms with van der Waals surface area (Å²) in [6.45, 7) is -1.08. The first-order chi connectivity index (χ1) is 18.7. The average molecular weight is 562 g/mol. The summed E-state index contributed by atoms with van der Waals surface area (Å²) in [4.78, 5) is 32.1. The van der Waals surface area contributed by atoms with Crippen molar-refractivity contribution in [3.05, 3.63) is 70.6 Å². The summed E-state index contributed by atoms with van der Waals surface area (Å²) >= 11 is 5.84. The van der Waals surface area contributed by atoms with E-state index in [1.54, 1.807) is 17.9 Å². The van der Waals surface area contributed by atoms with Gasteiger partial charge >= 0.3 is 6.55 Å². The van der Waals surface area contributed by atoms with Gasteiger partial charge in [0.05, 0.1) is 39.9 Å². The Hall–Kier alpha value is -3.73. The number of hydrogen-bond acceptors (Lipinski definition) is 4. The van der Waals surface area contributed by atoms with E-state index in [9.17, 15) is 27.2 Å². The third kappa shape index (κ3) is 5.15. The van der Waals surface area contributed by atoms with Gasteiger partial charge < -0.3 is 10.2 Å². The number of hydrogen-bond donors (Lipinski definition) is 1. The van der Waals surface area contributed by atoms with Crippen molar-refractivity contribution < 1.29 is 27.2 Å². The Labute approximate surface area is 226 Å². The predicted molar refractivity (Wildman–Crippen MR) is 137 cm³/mol. The second-order valence-corrected chi connectivity index (χ2v) is 10.0. The number of alkyl halides is 2. The van der Waals surface area contributed by atoms with E-state index in [2.05, 4.69) is 15.4 Å². The Morgan fingerprint density at radius 1 is 1.15 bits per heavy atom. The predicted octanol–water partition coefficient (Wildman–Crippen LogP) is 6.39. The second kappa shape index (κ2) is 10.8. The maximum absolute atomic E-state index is 14.6. The van der Waals surface area contributed by atoms with Crippen molar-refractivity contribution in [2.75, 3.05) is 11.9 Å². The molecule has 2 aromatic heterocycles. The van der Waals surface area contributed by atoms with Gasteiger partial charge in [-0.1, -0.05) is 24.9 Å². The number of nitrogens with zero attached hydrogens (tertiary/aromatic N) is 4. The highest BCUT2D eigenvalue weighted by molar-refractivity contribution is 6.31. The zero-order valence-electron chi connectivity index (χ0n) is 20.8. The summed E-state index contributed by atoms with van der Waals surface area (Å²) in [6, 6.07) is 4.73. The highest BCUT2D eigenvalue weighted by Crippen LogP contribution is 2.38. The first-order valence-electron chi connectivity index (χ1n) is 12.4. The van der Waals surface area contributed by atoms with Crippen LogP contribution in [0.3, 0.4) is 0 Å². The number of pyridine rings is 1. The maximum Gasteiger partial charge on any atom is 0.333 e. The molecule has 1 aromatic carbocycles. The molecule has 0 aliphatic carbocycles. The van der Waals surface area contributed by atoms with Crippen LogP contribution in [0.5, 0.6) is 0 Å². The SMILES string of the molecule is CC1CCCC(N2CCC(c3c(F)ccc(Cl)c3F)=CC2=O)c2cc(ccn2)-c2c(cnn2C(F)F)NC1=O. The standard InChI is InChI=1S/C27H24ClF4N5O2/c1-14-3-2-4-21(36-10-8-15(12-22(36)38)23-18(29)6-5-17(28)24(23)30)19-11-16(7-9-33-19)25-20(35-26(14)39)13-34-37(25)27(31)32/h5-7,9,11-14,21,27H,2-4,8,10H2,1H3,(H,35,39). The molecule has 0 fully saturated rings. The summed E-state index contributed by atoms with van der Waals surface area (Å²) in [5, 5.41) is 6.23. The second-order valence-electron chi connectivity index (χ2n) is 9.60. The van der Waals surface area contributed by atoms with Gasteiger partial charge in [-0.25, -0.2) is 13.5 Å². The minimum Gasteiger partial charge on any atom is -0.330 e. The number of aromatic nitrogens is 3. The molecule has 39 heavy (non-hydrogen) atoms. The van der Waals surface area contributed by atoms with E-state index < -0.39 is 36.1 Å². The number of carbonyl (C=O) groups excluding carboxylic acids is 2. The third-order valence-corrected chi connectivity index (χ3v) is 7.43. The van der Waals surface area contributed by atoms with Crippen molar-refractivity contribution in [3.8, 4) is 11.3 Å². The lowest BCUT2D eigenvalue weighted by Gasteiger charge is -2.34. The number of rotatable bonds is 3. The molecule has 1 N–H and O–H groups in total. The Balaban J connectivity index is 1.55. The van der Waals surface area contributed by atoms with Gasteiger partial charge in [0.15, 0.2) is 5.82 Å². The maximum atomic E-state index is 14.6. The van der Waals surface area contributed by atoms with Crippen LogP contribution < -0.4 is 5.32 Å². The van der Waals surface area contributed by atoms with E-state index in [-0.39, 0.29) is 46.4 Å². The van der Waals surface area contributed by atoms with Gasteiger partial charge in [-0.15, -0.1) is 0 Å². The van der Waals surface area contributed by atoms with Crippen molar-refractivity contribution in [2.45, 2.75) is 45.2 Å². The van der Waals surface area contributed by atoms with Crippen molar-refractivity contribution in [2.24, 2.45) is 5.92 Å². The van der Waals surface area contributed by atoms with E-state index in [1.165, 1.54) is 24.5 Å². The van der Waals surface area contributed by atoms with Gasteiger partial charge in [0.25, 0.3) is 0 Å². The molecule has 204 valence electrons. The largest absolute Gasteiger partial charge is 0.333 e. The fourth-order valence-electron chi connectivity index (χ4n) is 5.12. The summed E-state index contributed by atoms with van der Waals surface area (Å²) in [6.07, 6.45) is 5.47. The molecule has 0 saturated heterocycles. The molecule has 2 bridgehead atoms. The van der Waals surface area contributed by atoms with E-state index in [1.807, 2.05) is 0 Å². The Morgan fingerprint density at radius 3 is 2.69 bits per heavy atom. The van der Waals surface area contributed by atoms with Crippen molar-refractivity contribution in [1.82, 2.24) is 19.7 Å². The quantitative estimate of drug-likeness (QED) is 0.297. The molecule has 0 spiro atoms. The van der Waals surface area contributed by atoms with Gasteiger partial charge in [0.2, 0.25) is 11.8 Å². The Bertz CT molecular complexity index is 1470. The zero-order chi connectivity index (χ0) is 27.8. The molecule has 2 amide bonds. The monoisotopic (exact) mass is 561 g/mol. The fraction of sp³-hybridized carbons (Fsp3) is 0.333. The number of amides is 2. The van der Waals surface area contributed by atoms with Crippen LogP contribution in [0.25, 0.3) is 16.8 Å². The summed E-state index contributed by atoms with van der Waals surface area (Å²) in [5.74, 6) is -2.98. The number of nitrogens with one attached hydrogen (secondary N) is 1. The van der Waals surface area contributed by atoms with Crippen LogP contribution in [-0.2, 0) is 9.59 Å². The van der Waals surface area contributed by atoms with E-state index in [4.69, 9.17) is 11.6 Å².